The van der Waals surface area contributed by atoms with E-state index in [4.69, 9.17) is 0 Å². The summed E-state index contributed by atoms with van der Waals surface area (Å²) in [5, 5.41) is 19.6. The molecule has 1 heterocycles. The van der Waals surface area contributed by atoms with Gasteiger partial charge in [-0.05, 0) is 62.2 Å². The monoisotopic (exact) mass is 506 g/mol. The van der Waals surface area contributed by atoms with Crippen LogP contribution in [0.4, 0.5) is 4.79 Å². The molecule has 4 N–H and O–H groups in total. The van der Waals surface area contributed by atoms with Crippen LogP contribution >= 0.6 is 0 Å². The van der Waals surface area contributed by atoms with Crippen molar-refractivity contribution in [1.29, 1.82) is 0 Å². The van der Waals surface area contributed by atoms with Crippen LogP contribution in [-0.4, -0.2) is 64.2 Å². The summed E-state index contributed by atoms with van der Waals surface area (Å²) in [5.41, 5.74) is -0.993. The number of urea groups is 1. The Morgan fingerprint density at radius 3 is 2.14 bits per heavy atom. The number of likely N-dealkylation sites (tertiary alicyclic amines) is 1. The second-order valence-electron chi connectivity index (χ2n) is 14.2. The smallest absolute Gasteiger partial charge is 0.315 e. The fourth-order valence-electron chi connectivity index (χ4n) is 6.09. The number of carbonyl (C=O) groups is 3. The zero-order valence-corrected chi connectivity index (χ0v) is 23.9. The maximum Gasteiger partial charge on any atom is 0.315 e. The molecule has 3 aliphatic rings. The predicted molar refractivity (Wildman–Crippen MR) is 141 cm³/mol. The number of hydrogen-bond acceptors (Lipinski definition) is 4. The van der Waals surface area contributed by atoms with Gasteiger partial charge in [-0.2, -0.15) is 0 Å². The van der Waals surface area contributed by atoms with E-state index in [9.17, 15) is 19.5 Å². The van der Waals surface area contributed by atoms with Gasteiger partial charge in [0, 0.05) is 12.1 Å². The van der Waals surface area contributed by atoms with Gasteiger partial charge in [-0.25, -0.2) is 4.79 Å². The minimum atomic E-state index is -0.775. The van der Waals surface area contributed by atoms with Gasteiger partial charge < -0.3 is 26.0 Å². The number of nitrogens with zero attached hydrogens (tertiary/aromatic N) is 1. The number of amides is 4. The fourth-order valence-corrected chi connectivity index (χ4v) is 6.09. The highest BCUT2D eigenvalue weighted by Crippen LogP contribution is 2.65. The van der Waals surface area contributed by atoms with Gasteiger partial charge in [-0.15, -0.1) is 0 Å². The van der Waals surface area contributed by atoms with Crippen LogP contribution in [0.3, 0.4) is 0 Å². The van der Waals surface area contributed by atoms with Gasteiger partial charge in [0.1, 0.15) is 12.1 Å². The quantitative estimate of drug-likeness (QED) is 0.404. The second-order valence-corrected chi connectivity index (χ2v) is 14.2. The van der Waals surface area contributed by atoms with Crippen molar-refractivity contribution in [2.45, 2.75) is 124 Å². The Labute approximate surface area is 217 Å². The molecule has 0 spiro atoms. The van der Waals surface area contributed by atoms with Crippen LogP contribution in [0.1, 0.15) is 94.4 Å². The summed E-state index contributed by atoms with van der Waals surface area (Å²) in [4.78, 5) is 42.1. The number of rotatable bonds is 8. The van der Waals surface area contributed by atoms with Crippen LogP contribution in [0.15, 0.2) is 0 Å². The third-order valence-electron chi connectivity index (χ3n) is 8.66. The number of fused-ring (bicyclic) bond motifs is 1. The lowest BCUT2D eigenvalue weighted by molar-refractivity contribution is -0.144. The van der Waals surface area contributed by atoms with E-state index in [1.165, 1.54) is 6.42 Å². The van der Waals surface area contributed by atoms with Gasteiger partial charge in [0.25, 0.3) is 0 Å². The molecular formula is C28H50N4O4. The minimum Gasteiger partial charge on any atom is -0.391 e. The Hall–Kier alpha value is -1.83. The van der Waals surface area contributed by atoms with Crippen molar-refractivity contribution >= 4 is 17.8 Å². The van der Waals surface area contributed by atoms with E-state index in [0.29, 0.717) is 18.9 Å². The first-order chi connectivity index (χ1) is 16.5. The molecule has 3 rings (SSSR count). The van der Waals surface area contributed by atoms with Gasteiger partial charge in [0.15, 0.2) is 0 Å². The van der Waals surface area contributed by atoms with Crippen LogP contribution in [0.2, 0.25) is 0 Å². The zero-order chi connectivity index (χ0) is 27.2. The molecule has 2 aliphatic carbocycles. The predicted octanol–water partition coefficient (Wildman–Crippen LogP) is 3.43. The highest BCUT2D eigenvalue weighted by molar-refractivity contribution is 5.94. The SMILES string of the molecule is CCC(O)C(CC1CCC1)NC(=O)[C@@H]1C2C(CN1C(=O)[C@@H](NC(=O)NC(C)(C)C)C(C)(C)C)C2(C)C. The van der Waals surface area contributed by atoms with Gasteiger partial charge in [0.05, 0.1) is 12.1 Å². The van der Waals surface area contributed by atoms with Crippen LogP contribution in [0, 0.1) is 28.6 Å². The molecule has 3 fully saturated rings. The van der Waals surface area contributed by atoms with Crippen molar-refractivity contribution < 1.29 is 19.5 Å². The molecule has 36 heavy (non-hydrogen) atoms. The van der Waals surface area contributed by atoms with Crippen LogP contribution in [0.25, 0.3) is 0 Å². The first kappa shape index (κ1) is 28.7. The summed E-state index contributed by atoms with van der Waals surface area (Å²) in [6, 6.07) is -2.07. The average Bonchev–Trinajstić information content (AvgIpc) is 3.06. The van der Waals surface area contributed by atoms with E-state index >= 15 is 0 Å². The van der Waals surface area contributed by atoms with Gasteiger partial charge >= 0.3 is 6.03 Å². The third kappa shape index (κ3) is 6.17. The van der Waals surface area contributed by atoms with E-state index < -0.39 is 35.2 Å². The number of carbonyl (C=O) groups excluding carboxylic acids is 3. The molecular weight excluding hydrogens is 456 g/mol. The summed E-state index contributed by atoms with van der Waals surface area (Å²) < 4.78 is 0. The van der Waals surface area contributed by atoms with Crippen molar-refractivity contribution in [2.24, 2.45) is 28.6 Å². The molecule has 0 aromatic carbocycles. The maximum absolute atomic E-state index is 13.9. The van der Waals surface area contributed by atoms with Crippen LogP contribution in [0.5, 0.6) is 0 Å². The molecule has 1 saturated heterocycles. The molecule has 0 aromatic rings. The topological polar surface area (TPSA) is 111 Å². The summed E-state index contributed by atoms with van der Waals surface area (Å²) in [6.45, 7) is 18.2. The van der Waals surface area contributed by atoms with Gasteiger partial charge in [0.2, 0.25) is 11.8 Å². The number of aliphatic hydroxyl groups is 1. The molecule has 0 radical (unpaired) electrons. The Morgan fingerprint density at radius 1 is 1.06 bits per heavy atom. The maximum atomic E-state index is 13.9. The molecule has 4 unspecified atom stereocenters. The molecule has 8 heteroatoms. The molecule has 4 amide bonds. The van der Waals surface area contributed by atoms with Crippen LogP contribution < -0.4 is 16.0 Å². The van der Waals surface area contributed by atoms with Crippen molar-refractivity contribution in [2.75, 3.05) is 6.54 Å². The molecule has 1 aliphatic heterocycles. The highest BCUT2D eigenvalue weighted by atomic mass is 16.3. The van der Waals surface area contributed by atoms with E-state index in [-0.39, 0.29) is 35.1 Å². The summed E-state index contributed by atoms with van der Waals surface area (Å²) in [7, 11) is 0. The van der Waals surface area contributed by atoms with Crippen LogP contribution in [-0.2, 0) is 9.59 Å². The molecule has 0 aromatic heterocycles. The Bertz CT molecular complexity index is 839. The van der Waals surface area contributed by atoms with E-state index in [0.717, 1.165) is 19.3 Å². The highest BCUT2D eigenvalue weighted by Gasteiger charge is 2.69. The lowest BCUT2D eigenvalue weighted by Gasteiger charge is -2.39. The van der Waals surface area contributed by atoms with E-state index in [1.807, 2.05) is 48.5 Å². The van der Waals surface area contributed by atoms with Crippen molar-refractivity contribution in [3.05, 3.63) is 0 Å². The first-order valence-corrected chi connectivity index (χ1v) is 13.8. The third-order valence-corrected chi connectivity index (χ3v) is 8.66. The van der Waals surface area contributed by atoms with E-state index in [1.54, 1.807) is 4.90 Å². The van der Waals surface area contributed by atoms with Gasteiger partial charge in [-0.1, -0.05) is 60.8 Å². The largest absolute Gasteiger partial charge is 0.391 e. The molecule has 2 saturated carbocycles. The fraction of sp³-hybridized carbons (Fsp3) is 0.893. The van der Waals surface area contributed by atoms with Crippen molar-refractivity contribution in [3.8, 4) is 0 Å². The standard InChI is InChI=1S/C28H50N4O4/c1-10-19(33)18(14-16-12-11-13-16)29-23(34)21-20-17(28(20,8)9)15-32(21)24(35)22(26(2,3)4)30-25(36)31-27(5,6)7/h16-22,33H,10-15H2,1-9H3,(H,29,34)(H2,30,31,36)/t17?,18?,19?,20?,21-,22+/m0/s1. The minimum absolute atomic E-state index is 0.0140. The Morgan fingerprint density at radius 2 is 1.67 bits per heavy atom. The molecule has 6 atom stereocenters. The summed E-state index contributed by atoms with van der Waals surface area (Å²) in [6.07, 6.45) is 4.24. The molecule has 8 nitrogen and oxygen atoms in total. The summed E-state index contributed by atoms with van der Waals surface area (Å²) >= 11 is 0. The van der Waals surface area contributed by atoms with Crippen molar-refractivity contribution in [3.63, 3.8) is 0 Å². The van der Waals surface area contributed by atoms with E-state index in [2.05, 4.69) is 29.8 Å². The number of hydrogen-bond donors (Lipinski definition) is 4. The Balaban J connectivity index is 1.80. The lowest BCUT2D eigenvalue weighted by Crippen LogP contribution is -2.62. The van der Waals surface area contributed by atoms with Gasteiger partial charge in [-0.3, -0.25) is 9.59 Å². The Kier molecular flexibility index (Phi) is 8.10. The average molecular weight is 507 g/mol. The first-order valence-electron chi connectivity index (χ1n) is 13.8. The number of aliphatic hydroxyl groups excluding tert-OH is 1. The summed E-state index contributed by atoms with van der Waals surface area (Å²) in [5.74, 6) is 0.473. The van der Waals surface area contributed by atoms with Crippen molar-refractivity contribution in [1.82, 2.24) is 20.9 Å². The molecule has 0 bridgehead atoms. The number of nitrogens with one attached hydrogen (secondary N) is 3. The molecule has 206 valence electrons. The number of piperidine rings is 1. The normalized spacial score (nSPS) is 27.8. The zero-order valence-electron chi connectivity index (χ0n) is 23.9. The lowest BCUT2D eigenvalue weighted by atomic mass is 9.79. The second kappa shape index (κ2) is 10.1.